The second kappa shape index (κ2) is 7.35. The van der Waals surface area contributed by atoms with Crippen LogP contribution in [-0.4, -0.2) is 44.1 Å². The van der Waals surface area contributed by atoms with Crippen LogP contribution in [0.3, 0.4) is 0 Å². The van der Waals surface area contributed by atoms with E-state index < -0.39 is 5.41 Å². The molecule has 1 heterocycles. The molecule has 4 rings (SSSR count). The van der Waals surface area contributed by atoms with Crippen LogP contribution < -0.4 is 9.47 Å². The monoisotopic (exact) mass is 409 g/mol. The van der Waals surface area contributed by atoms with Crippen LogP contribution in [0.2, 0.25) is 0 Å². The summed E-state index contributed by atoms with van der Waals surface area (Å²) in [5.74, 6) is 1.94. The van der Waals surface area contributed by atoms with Gasteiger partial charge >= 0.3 is 5.97 Å². The van der Waals surface area contributed by atoms with Crippen LogP contribution in [-0.2, 0) is 9.53 Å². The number of rotatable bonds is 5. The molecule has 2 atom stereocenters. The van der Waals surface area contributed by atoms with Gasteiger partial charge in [0.1, 0.15) is 17.2 Å². The molecule has 2 fully saturated rings. The molecule has 6 nitrogen and oxygen atoms in total. The summed E-state index contributed by atoms with van der Waals surface area (Å²) in [6, 6.07) is 14.4. The Morgan fingerprint density at radius 3 is 2.03 bits per heavy atom. The largest absolute Gasteiger partial charge is 0.497 e. The van der Waals surface area contributed by atoms with Gasteiger partial charge in [0.2, 0.25) is 0 Å². The first-order valence-corrected chi connectivity index (χ1v) is 10.1. The second-order valence-electron chi connectivity index (χ2n) is 8.85. The molecule has 2 aliphatic rings. The topological polar surface area (TPSA) is 65.1 Å². The fourth-order valence-corrected chi connectivity index (χ4v) is 5.15. The van der Waals surface area contributed by atoms with E-state index in [1.165, 1.54) is 7.11 Å². The number of amides is 1. The minimum absolute atomic E-state index is 0.0271. The van der Waals surface area contributed by atoms with E-state index >= 15 is 0 Å². The predicted octanol–water partition coefficient (Wildman–Crippen LogP) is 4.15. The first-order valence-electron chi connectivity index (χ1n) is 10.1. The van der Waals surface area contributed by atoms with Crippen molar-refractivity contribution in [2.24, 2.45) is 16.7 Å². The van der Waals surface area contributed by atoms with Gasteiger partial charge in [-0.1, -0.05) is 13.8 Å². The van der Waals surface area contributed by atoms with Gasteiger partial charge in [0.05, 0.1) is 19.6 Å². The zero-order valence-electron chi connectivity index (χ0n) is 17.8. The Hall–Kier alpha value is -3.02. The highest BCUT2D eigenvalue weighted by molar-refractivity contribution is 5.95. The van der Waals surface area contributed by atoms with Crippen molar-refractivity contribution < 1.29 is 23.8 Å². The number of ether oxygens (including phenoxy) is 3. The third-order valence-corrected chi connectivity index (χ3v) is 6.53. The molecule has 0 N–H and O–H groups in total. The number of fused-ring (bicyclic) bond motifs is 1. The number of hydrogen-bond acceptors (Lipinski definition) is 5. The predicted molar refractivity (Wildman–Crippen MR) is 112 cm³/mol. The maximum atomic E-state index is 13.1. The van der Waals surface area contributed by atoms with Crippen molar-refractivity contribution in [3.05, 3.63) is 54.1 Å². The number of methoxy groups -OCH3 is 2. The Bertz CT molecular complexity index is 951. The molecule has 0 unspecified atom stereocenters. The standard InChI is InChI=1S/C24H27NO5/c1-23(2)14-24(22(27)29-4)15-25(13-20(23)24)21(26)16-5-7-18(8-6-16)30-19-11-9-17(28-3)10-12-19/h5-12,20H,13-15H2,1-4H3/t20-,24+/m1/s1. The Labute approximate surface area is 176 Å². The number of nitrogens with zero attached hydrogens (tertiary/aromatic N) is 1. The maximum Gasteiger partial charge on any atom is 0.314 e. The van der Waals surface area contributed by atoms with Crippen LogP contribution in [0.5, 0.6) is 17.2 Å². The van der Waals surface area contributed by atoms with Gasteiger partial charge in [0, 0.05) is 18.7 Å². The smallest absolute Gasteiger partial charge is 0.314 e. The van der Waals surface area contributed by atoms with E-state index in [0.29, 0.717) is 30.2 Å². The van der Waals surface area contributed by atoms with E-state index in [1.807, 2.05) is 24.3 Å². The van der Waals surface area contributed by atoms with Crippen LogP contribution >= 0.6 is 0 Å². The number of likely N-dealkylation sites (tertiary alicyclic amines) is 1. The van der Waals surface area contributed by atoms with Gasteiger partial charge in [0.15, 0.2) is 0 Å². The van der Waals surface area contributed by atoms with Crippen molar-refractivity contribution >= 4 is 11.9 Å². The van der Waals surface area contributed by atoms with Crippen molar-refractivity contribution in [2.45, 2.75) is 20.3 Å². The van der Waals surface area contributed by atoms with Crippen LogP contribution in [0.1, 0.15) is 30.6 Å². The lowest BCUT2D eigenvalue weighted by Gasteiger charge is -2.54. The van der Waals surface area contributed by atoms with E-state index in [-0.39, 0.29) is 23.2 Å². The molecule has 0 radical (unpaired) electrons. The second-order valence-corrected chi connectivity index (χ2v) is 8.85. The summed E-state index contributed by atoms with van der Waals surface area (Å²) in [5.41, 5.74) is 0.0427. The van der Waals surface area contributed by atoms with Gasteiger partial charge in [-0.05, 0) is 66.3 Å². The van der Waals surface area contributed by atoms with Gasteiger partial charge in [-0.2, -0.15) is 0 Å². The van der Waals surface area contributed by atoms with Gasteiger partial charge in [-0.3, -0.25) is 9.59 Å². The van der Waals surface area contributed by atoms with E-state index in [2.05, 4.69) is 13.8 Å². The third kappa shape index (κ3) is 3.30. The molecule has 2 aromatic carbocycles. The lowest BCUT2D eigenvalue weighted by molar-refractivity contribution is -0.174. The zero-order valence-corrected chi connectivity index (χ0v) is 17.8. The summed E-state index contributed by atoms with van der Waals surface area (Å²) < 4.78 is 16.0. The summed E-state index contributed by atoms with van der Waals surface area (Å²) in [6.45, 7) is 5.29. The molecule has 0 aromatic heterocycles. The minimum Gasteiger partial charge on any atom is -0.497 e. The molecule has 158 valence electrons. The Morgan fingerprint density at radius 2 is 1.50 bits per heavy atom. The highest BCUT2D eigenvalue weighted by Crippen LogP contribution is 2.63. The summed E-state index contributed by atoms with van der Waals surface area (Å²) in [7, 11) is 3.04. The van der Waals surface area contributed by atoms with Crippen LogP contribution in [0.4, 0.5) is 0 Å². The zero-order chi connectivity index (χ0) is 21.5. The molecule has 6 heteroatoms. The number of carbonyl (C=O) groups excluding carboxylic acids is 2. The fourth-order valence-electron chi connectivity index (χ4n) is 5.15. The number of esters is 1. The quantitative estimate of drug-likeness (QED) is 0.694. The van der Waals surface area contributed by atoms with Crippen LogP contribution in [0.25, 0.3) is 0 Å². The highest BCUT2D eigenvalue weighted by atomic mass is 16.5. The number of hydrogen-bond donors (Lipinski definition) is 0. The van der Waals surface area contributed by atoms with E-state index in [9.17, 15) is 9.59 Å². The van der Waals surface area contributed by atoms with Crippen LogP contribution in [0.15, 0.2) is 48.5 Å². The fraction of sp³-hybridized carbons (Fsp3) is 0.417. The van der Waals surface area contributed by atoms with Crippen molar-refractivity contribution in [3.63, 3.8) is 0 Å². The maximum absolute atomic E-state index is 13.1. The Balaban J connectivity index is 1.45. The summed E-state index contributed by atoms with van der Waals surface area (Å²) in [4.78, 5) is 27.3. The van der Waals surface area contributed by atoms with Crippen molar-refractivity contribution in [1.82, 2.24) is 4.90 Å². The molecule has 1 amide bonds. The first kappa shape index (κ1) is 20.3. The van der Waals surface area contributed by atoms with Crippen molar-refractivity contribution in [1.29, 1.82) is 0 Å². The minimum atomic E-state index is -0.564. The molecule has 1 saturated heterocycles. The average Bonchev–Trinajstić information content (AvgIpc) is 3.09. The summed E-state index contributed by atoms with van der Waals surface area (Å²) in [5, 5.41) is 0. The molecule has 1 aliphatic carbocycles. The molecule has 0 bridgehead atoms. The normalized spacial score (nSPS) is 23.9. The molecule has 1 aliphatic heterocycles. The van der Waals surface area contributed by atoms with Gasteiger partial charge in [-0.25, -0.2) is 0 Å². The number of benzene rings is 2. The van der Waals surface area contributed by atoms with Gasteiger partial charge in [-0.15, -0.1) is 0 Å². The van der Waals surface area contributed by atoms with Gasteiger partial charge < -0.3 is 19.1 Å². The SMILES string of the molecule is COC(=O)[C@@]12CN(C(=O)c3ccc(Oc4ccc(OC)cc4)cc3)C[C@@H]1C(C)(C)C2. The summed E-state index contributed by atoms with van der Waals surface area (Å²) in [6.07, 6.45) is 0.746. The highest BCUT2D eigenvalue weighted by Gasteiger charge is 2.68. The lowest BCUT2D eigenvalue weighted by Crippen LogP contribution is -2.57. The average molecular weight is 409 g/mol. The Kier molecular flexibility index (Phi) is 4.96. The van der Waals surface area contributed by atoms with E-state index in [0.717, 1.165) is 12.2 Å². The van der Waals surface area contributed by atoms with E-state index in [4.69, 9.17) is 14.2 Å². The molecular weight excluding hydrogens is 382 g/mol. The van der Waals surface area contributed by atoms with E-state index in [1.54, 1.807) is 36.3 Å². The molecule has 1 saturated carbocycles. The molecule has 0 spiro atoms. The third-order valence-electron chi connectivity index (χ3n) is 6.53. The van der Waals surface area contributed by atoms with Gasteiger partial charge in [0.25, 0.3) is 5.91 Å². The molecule has 2 aromatic rings. The Morgan fingerprint density at radius 1 is 0.933 bits per heavy atom. The van der Waals surface area contributed by atoms with Crippen molar-refractivity contribution in [2.75, 3.05) is 27.3 Å². The summed E-state index contributed by atoms with van der Waals surface area (Å²) >= 11 is 0. The number of carbonyl (C=O) groups is 2. The first-order chi connectivity index (χ1) is 14.3. The molecular formula is C24H27NO5. The van der Waals surface area contributed by atoms with Crippen molar-refractivity contribution in [3.8, 4) is 17.2 Å². The van der Waals surface area contributed by atoms with Crippen LogP contribution in [0, 0.1) is 16.7 Å². The lowest BCUT2D eigenvalue weighted by atomic mass is 9.48. The molecule has 30 heavy (non-hydrogen) atoms.